The predicted octanol–water partition coefficient (Wildman–Crippen LogP) is 2.33. The SMILES string of the molecule is C=C1[C@@H]([C@@]2(C)[C@@H](OC(C)=O)CC(=O)O[C@]3(C)COC(=O)C[C@H]23)[C@@H](OC=O)[C@H](OC(=O)C(O)C(C)CC)[C@@]2(C)[C@H](c3ccoc3)CC(=O)[C@]12O. The molecular weight excluding hydrogens is 644 g/mol. The van der Waals surface area contributed by atoms with Crippen molar-refractivity contribution in [1.29, 1.82) is 0 Å². The molecule has 12 atom stereocenters. The number of esters is 4. The summed E-state index contributed by atoms with van der Waals surface area (Å²) in [5.74, 6) is -7.90. The van der Waals surface area contributed by atoms with Crippen molar-refractivity contribution in [1.82, 2.24) is 0 Å². The van der Waals surface area contributed by atoms with Crippen LogP contribution in [0.3, 0.4) is 0 Å². The van der Waals surface area contributed by atoms with Gasteiger partial charge in [0.2, 0.25) is 0 Å². The Bertz CT molecular complexity index is 1530. The van der Waals surface area contributed by atoms with Crippen LogP contribution in [0.25, 0.3) is 0 Å². The van der Waals surface area contributed by atoms with E-state index in [0.29, 0.717) is 12.0 Å². The van der Waals surface area contributed by atoms with E-state index >= 15 is 0 Å². The van der Waals surface area contributed by atoms with Crippen molar-refractivity contribution in [2.45, 2.75) is 109 Å². The molecule has 2 aliphatic heterocycles. The first-order valence-corrected chi connectivity index (χ1v) is 16.4. The molecule has 4 fully saturated rings. The highest BCUT2D eigenvalue weighted by atomic mass is 16.6. The first kappa shape index (κ1) is 36.2. The molecule has 1 aromatic rings. The molecule has 0 aromatic carbocycles. The molecule has 268 valence electrons. The molecule has 14 heteroatoms. The van der Waals surface area contributed by atoms with Gasteiger partial charge in [-0.2, -0.15) is 0 Å². The van der Waals surface area contributed by atoms with Crippen molar-refractivity contribution >= 4 is 36.1 Å². The summed E-state index contributed by atoms with van der Waals surface area (Å²) in [4.78, 5) is 79.3. The molecule has 4 aliphatic rings. The molecule has 3 heterocycles. The number of cyclic esters (lactones) is 1. The van der Waals surface area contributed by atoms with E-state index in [1.54, 1.807) is 33.8 Å². The smallest absolute Gasteiger partial charge is 0.335 e. The Morgan fingerprint density at radius 1 is 1.12 bits per heavy atom. The third-order valence-electron chi connectivity index (χ3n) is 11.9. The van der Waals surface area contributed by atoms with Gasteiger partial charge < -0.3 is 38.3 Å². The summed E-state index contributed by atoms with van der Waals surface area (Å²) >= 11 is 0. The van der Waals surface area contributed by atoms with Crippen LogP contribution in [0.5, 0.6) is 0 Å². The topological polar surface area (TPSA) is 202 Å². The number of aliphatic hydroxyl groups is 2. The molecule has 5 rings (SSSR count). The minimum atomic E-state index is -2.48. The quantitative estimate of drug-likeness (QED) is 0.166. The lowest BCUT2D eigenvalue weighted by Crippen LogP contribution is -2.72. The zero-order valence-corrected chi connectivity index (χ0v) is 28.5. The maximum atomic E-state index is 14.3. The monoisotopic (exact) mass is 688 g/mol. The van der Waals surface area contributed by atoms with E-state index in [9.17, 15) is 39.0 Å². The minimum absolute atomic E-state index is 0.116. The molecule has 0 bridgehead atoms. The second kappa shape index (κ2) is 12.7. The van der Waals surface area contributed by atoms with Crippen LogP contribution in [0.15, 0.2) is 35.2 Å². The van der Waals surface area contributed by atoms with Crippen LogP contribution in [-0.2, 0) is 52.5 Å². The fraction of sp³-hybridized carbons (Fsp3) is 0.657. The first-order valence-electron chi connectivity index (χ1n) is 16.4. The van der Waals surface area contributed by atoms with Gasteiger partial charge in [-0.25, -0.2) is 4.79 Å². The van der Waals surface area contributed by atoms with Crippen LogP contribution in [0, 0.1) is 28.6 Å². The first-order chi connectivity index (χ1) is 22.9. The van der Waals surface area contributed by atoms with Crippen molar-refractivity contribution in [3.63, 3.8) is 0 Å². The van der Waals surface area contributed by atoms with Gasteiger partial charge in [-0.05, 0) is 30.0 Å². The van der Waals surface area contributed by atoms with Gasteiger partial charge in [-0.1, -0.05) is 40.7 Å². The van der Waals surface area contributed by atoms with Gasteiger partial charge in [0.15, 0.2) is 17.5 Å². The maximum absolute atomic E-state index is 14.3. The molecule has 0 radical (unpaired) electrons. The Morgan fingerprint density at radius 2 is 1.82 bits per heavy atom. The Kier molecular flexibility index (Phi) is 9.39. The van der Waals surface area contributed by atoms with Gasteiger partial charge >= 0.3 is 23.9 Å². The van der Waals surface area contributed by atoms with E-state index in [2.05, 4.69) is 6.58 Å². The van der Waals surface area contributed by atoms with E-state index in [-0.39, 0.29) is 31.5 Å². The van der Waals surface area contributed by atoms with Crippen LogP contribution in [-0.4, -0.2) is 88.6 Å². The van der Waals surface area contributed by atoms with Crippen LogP contribution >= 0.6 is 0 Å². The number of fused-ring (bicyclic) bond motifs is 2. The van der Waals surface area contributed by atoms with E-state index in [0.717, 1.165) is 6.92 Å². The number of hydrogen-bond acceptors (Lipinski definition) is 14. The second-order valence-electron chi connectivity index (χ2n) is 14.5. The summed E-state index contributed by atoms with van der Waals surface area (Å²) in [7, 11) is 0. The number of furan rings is 1. The Morgan fingerprint density at radius 3 is 2.41 bits per heavy atom. The number of aliphatic hydroxyl groups excluding tert-OH is 1. The summed E-state index contributed by atoms with van der Waals surface area (Å²) in [6.45, 7) is 13.2. The lowest BCUT2D eigenvalue weighted by Gasteiger charge is -2.61. The largest absolute Gasteiger partial charge is 0.472 e. The molecule has 0 amide bonds. The standard InChI is InChI=1S/C35H44O14/c1-8-17(2)28(41)31(42)48-30-29(46-16-36)27(18(3)35(43)23(38)11-21(34(30,35)7)20-9-10-44-14-20)33(6)22-12-25(39)45-15-32(22,5)49-26(40)13-24(33)47-19(4)37/h9-10,14,16-17,21-22,24,27-30,41,43H,3,8,11-13,15H2,1-2,4-7H3/t17?,21-,22-,24-,27+,28?,29+,30-,32+,33+,34+,35+/m0/s1. The third-order valence-corrected chi connectivity index (χ3v) is 11.9. The van der Waals surface area contributed by atoms with Gasteiger partial charge in [-0.15, -0.1) is 0 Å². The molecule has 1 aromatic heterocycles. The number of hydrogen-bond donors (Lipinski definition) is 2. The molecular formula is C35H44O14. The molecule has 2 aliphatic carbocycles. The van der Waals surface area contributed by atoms with Crippen molar-refractivity contribution in [3.8, 4) is 0 Å². The average Bonchev–Trinajstić information content (AvgIpc) is 3.63. The summed E-state index contributed by atoms with van der Waals surface area (Å²) in [6, 6.07) is 1.59. The van der Waals surface area contributed by atoms with E-state index in [4.69, 9.17) is 28.1 Å². The molecule has 14 nitrogen and oxygen atoms in total. The van der Waals surface area contributed by atoms with Crippen molar-refractivity contribution in [2.24, 2.45) is 28.6 Å². The van der Waals surface area contributed by atoms with Gasteiger partial charge in [0.25, 0.3) is 6.47 Å². The minimum Gasteiger partial charge on any atom is -0.472 e. The van der Waals surface area contributed by atoms with Gasteiger partial charge in [-0.3, -0.25) is 24.0 Å². The van der Waals surface area contributed by atoms with E-state index < -0.39 is 106 Å². The van der Waals surface area contributed by atoms with E-state index in [1.807, 2.05) is 0 Å². The molecule has 49 heavy (non-hydrogen) atoms. The number of rotatable bonds is 9. The van der Waals surface area contributed by atoms with Crippen molar-refractivity contribution in [3.05, 3.63) is 36.3 Å². The second-order valence-corrected chi connectivity index (χ2v) is 14.5. The third kappa shape index (κ3) is 5.38. The maximum Gasteiger partial charge on any atom is 0.335 e. The Labute approximate surface area is 283 Å². The highest BCUT2D eigenvalue weighted by Gasteiger charge is 2.78. The summed E-state index contributed by atoms with van der Waals surface area (Å²) in [5.41, 5.74) is -7.14. The number of ether oxygens (including phenoxy) is 5. The fourth-order valence-electron chi connectivity index (χ4n) is 9.11. The summed E-state index contributed by atoms with van der Waals surface area (Å²) in [5, 5.41) is 23.8. The lowest BCUT2D eigenvalue weighted by molar-refractivity contribution is -0.242. The fourth-order valence-corrected chi connectivity index (χ4v) is 9.11. The van der Waals surface area contributed by atoms with Crippen molar-refractivity contribution in [2.75, 3.05) is 6.61 Å². The molecule has 2 N–H and O–H groups in total. The normalized spacial score (nSPS) is 40.1. The van der Waals surface area contributed by atoms with Gasteiger partial charge in [0.05, 0.1) is 30.8 Å². The van der Waals surface area contributed by atoms with Crippen LogP contribution in [0.4, 0.5) is 0 Å². The zero-order valence-electron chi connectivity index (χ0n) is 28.5. The molecule has 2 unspecified atom stereocenters. The Hall–Kier alpha value is -4.04. The van der Waals surface area contributed by atoms with E-state index in [1.165, 1.54) is 19.5 Å². The van der Waals surface area contributed by atoms with Gasteiger partial charge in [0.1, 0.15) is 30.5 Å². The van der Waals surface area contributed by atoms with Crippen LogP contribution in [0.2, 0.25) is 0 Å². The summed E-state index contributed by atoms with van der Waals surface area (Å²) < 4.78 is 34.2. The number of Topliss-reactive ketones (excluding diaryl/α,β-unsaturated/α-hetero) is 1. The highest BCUT2D eigenvalue weighted by Crippen LogP contribution is 2.68. The number of carbonyl (C=O) groups is 6. The van der Waals surface area contributed by atoms with Gasteiger partial charge in [0, 0.05) is 36.5 Å². The number of ketones is 1. The number of carbonyl (C=O) groups excluding carboxylic acids is 6. The highest BCUT2D eigenvalue weighted by molar-refractivity contribution is 5.96. The Balaban J connectivity index is 1.81. The van der Waals surface area contributed by atoms with Crippen LogP contribution in [0.1, 0.15) is 78.7 Å². The van der Waals surface area contributed by atoms with Crippen molar-refractivity contribution < 1.29 is 67.1 Å². The predicted molar refractivity (Wildman–Crippen MR) is 165 cm³/mol. The average molecular weight is 689 g/mol. The summed E-state index contributed by atoms with van der Waals surface area (Å²) in [6.07, 6.45) is -4.22. The molecule has 0 spiro atoms. The lowest BCUT2D eigenvalue weighted by atomic mass is 9.46. The van der Waals surface area contributed by atoms with Crippen LogP contribution < -0.4 is 0 Å². The molecule has 2 saturated heterocycles. The molecule has 2 saturated carbocycles. The zero-order chi connectivity index (χ0) is 36.3.